The smallest absolute Gasteiger partial charge is 0.229 e. The molecule has 6 heteroatoms. The third-order valence-electron chi connectivity index (χ3n) is 3.41. The maximum Gasteiger partial charge on any atom is 0.229 e. The second-order valence-electron chi connectivity index (χ2n) is 5.00. The number of hydrogen-bond acceptors (Lipinski definition) is 3. The first kappa shape index (κ1) is 14.5. The Hall–Kier alpha value is -1.95. The van der Waals surface area contributed by atoms with Gasteiger partial charge >= 0.3 is 0 Å². The Kier molecular flexibility index (Phi) is 4.34. The van der Waals surface area contributed by atoms with Crippen LogP contribution >= 0.6 is 0 Å². The summed E-state index contributed by atoms with van der Waals surface area (Å²) in [7, 11) is 0. The fraction of sp³-hybridized carbons (Fsp3) is 0.429. The van der Waals surface area contributed by atoms with Gasteiger partial charge in [-0.15, -0.1) is 0 Å². The zero-order chi connectivity index (χ0) is 14.7. The van der Waals surface area contributed by atoms with E-state index in [1.807, 2.05) is 6.92 Å². The van der Waals surface area contributed by atoms with E-state index in [0.717, 1.165) is 13.0 Å². The number of carbonyl (C=O) groups excluding carboxylic acids is 2. The Bertz CT molecular complexity index is 533. The maximum atomic E-state index is 13.7. The molecule has 1 saturated heterocycles. The van der Waals surface area contributed by atoms with Crippen LogP contribution in [0.25, 0.3) is 0 Å². The minimum absolute atomic E-state index is 0.0802. The Morgan fingerprint density at radius 3 is 2.70 bits per heavy atom. The van der Waals surface area contributed by atoms with Gasteiger partial charge in [0.2, 0.25) is 11.8 Å². The van der Waals surface area contributed by atoms with Gasteiger partial charge in [-0.1, -0.05) is 0 Å². The van der Waals surface area contributed by atoms with Gasteiger partial charge in [-0.25, -0.2) is 4.39 Å². The lowest BCUT2D eigenvalue weighted by atomic mass is 10.0. The van der Waals surface area contributed by atoms with Crippen molar-refractivity contribution in [3.05, 3.63) is 24.0 Å². The largest absolute Gasteiger partial charge is 0.326 e. The SMILES string of the molecule is CC(=O)Nc1ccc(F)c(NC(=O)C2CCNC2C)c1. The first-order valence-electron chi connectivity index (χ1n) is 6.59. The first-order chi connectivity index (χ1) is 9.47. The molecule has 0 spiro atoms. The second kappa shape index (κ2) is 6.00. The number of hydrogen-bond donors (Lipinski definition) is 3. The molecule has 2 unspecified atom stereocenters. The first-order valence-corrected chi connectivity index (χ1v) is 6.59. The zero-order valence-electron chi connectivity index (χ0n) is 11.5. The van der Waals surface area contributed by atoms with Crippen molar-refractivity contribution < 1.29 is 14.0 Å². The summed E-state index contributed by atoms with van der Waals surface area (Å²) in [6.07, 6.45) is 0.736. The third-order valence-corrected chi connectivity index (χ3v) is 3.41. The molecule has 2 atom stereocenters. The fourth-order valence-electron chi connectivity index (χ4n) is 2.34. The Morgan fingerprint density at radius 1 is 1.35 bits per heavy atom. The van der Waals surface area contributed by atoms with E-state index in [0.29, 0.717) is 5.69 Å². The summed E-state index contributed by atoms with van der Waals surface area (Å²) in [6.45, 7) is 4.09. The van der Waals surface area contributed by atoms with Crippen molar-refractivity contribution in [2.45, 2.75) is 26.3 Å². The Balaban J connectivity index is 2.11. The van der Waals surface area contributed by atoms with Crippen molar-refractivity contribution in [1.29, 1.82) is 0 Å². The molecule has 1 heterocycles. The van der Waals surface area contributed by atoms with E-state index in [1.165, 1.54) is 25.1 Å². The van der Waals surface area contributed by atoms with Gasteiger partial charge in [-0.3, -0.25) is 9.59 Å². The van der Waals surface area contributed by atoms with Crippen LogP contribution in [-0.4, -0.2) is 24.4 Å². The molecular weight excluding hydrogens is 261 g/mol. The van der Waals surface area contributed by atoms with Gasteiger partial charge in [0.1, 0.15) is 5.82 Å². The van der Waals surface area contributed by atoms with Crippen LogP contribution in [0.15, 0.2) is 18.2 Å². The minimum Gasteiger partial charge on any atom is -0.326 e. The van der Waals surface area contributed by atoms with Gasteiger partial charge in [0.15, 0.2) is 0 Å². The molecule has 3 N–H and O–H groups in total. The van der Waals surface area contributed by atoms with Crippen molar-refractivity contribution in [2.75, 3.05) is 17.2 Å². The van der Waals surface area contributed by atoms with Crippen molar-refractivity contribution in [3.63, 3.8) is 0 Å². The number of amides is 2. The summed E-state index contributed by atoms with van der Waals surface area (Å²) in [4.78, 5) is 23.1. The van der Waals surface area contributed by atoms with Crippen molar-refractivity contribution in [1.82, 2.24) is 5.32 Å². The number of anilines is 2. The van der Waals surface area contributed by atoms with Crippen molar-refractivity contribution in [2.24, 2.45) is 5.92 Å². The van der Waals surface area contributed by atoms with E-state index in [2.05, 4.69) is 16.0 Å². The van der Waals surface area contributed by atoms with E-state index in [1.54, 1.807) is 0 Å². The lowest BCUT2D eigenvalue weighted by molar-refractivity contribution is -0.120. The molecule has 1 aliphatic heterocycles. The average molecular weight is 279 g/mol. The summed E-state index contributed by atoms with van der Waals surface area (Å²) in [5.74, 6) is -1.14. The van der Waals surface area contributed by atoms with Crippen LogP contribution in [0.2, 0.25) is 0 Å². The van der Waals surface area contributed by atoms with Gasteiger partial charge in [-0.2, -0.15) is 0 Å². The second-order valence-corrected chi connectivity index (χ2v) is 5.00. The van der Waals surface area contributed by atoms with Crippen LogP contribution < -0.4 is 16.0 Å². The standard InChI is InChI=1S/C14H18FN3O2/c1-8-11(5-6-16-8)14(20)18-13-7-10(17-9(2)19)3-4-12(13)15/h3-4,7-8,11,16H,5-6H2,1-2H3,(H,17,19)(H,18,20). The van der Waals surface area contributed by atoms with Crippen LogP contribution in [0.1, 0.15) is 20.3 Å². The third kappa shape index (κ3) is 3.33. The van der Waals surface area contributed by atoms with E-state index < -0.39 is 5.82 Å². The van der Waals surface area contributed by atoms with E-state index >= 15 is 0 Å². The van der Waals surface area contributed by atoms with Crippen LogP contribution in [0, 0.1) is 11.7 Å². The highest BCUT2D eigenvalue weighted by Gasteiger charge is 2.29. The number of nitrogens with one attached hydrogen (secondary N) is 3. The van der Waals surface area contributed by atoms with Crippen molar-refractivity contribution in [3.8, 4) is 0 Å². The Labute approximate surface area is 116 Å². The molecular formula is C14H18FN3O2. The summed E-state index contributed by atoms with van der Waals surface area (Å²) < 4.78 is 13.7. The normalized spacial score (nSPS) is 21.6. The number of carbonyl (C=O) groups is 2. The molecule has 1 aliphatic rings. The predicted octanol–water partition coefficient (Wildman–Crippen LogP) is 1.72. The van der Waals surface area contributed by atoms with Gasteiger partial charge < -0.3 is 16.0 Å². The zero-order valence-corrected chi connectivity index (χ0v) is 11.5. The Morgan fingerprint density at radius 2 is 2.10 bits per heavy atom. The lowest BCUT2D eigenvalue weighted by Crippen LogP contribution is -2.32. The molecule has 2 rings (SSSR count). The lowest BCUT2D eigenvalue weighted by Gasteiger charge is -2.16. The minimum atomic E-state index is -0.522. The molecule has 0 aliphatic carbocycles. The highest BCUT2D eigenvalue weighted by Crippen LogP contribution is 2.22. The molecule has 0 saturated carbocycles. The highest BCUT2D eigenvalue weighted by atomic mass is 19.1. The monoisotopic (exact) mass is 279 g/mol. The molecule has 1 aromatic rings. The molecule has 0 bridgehead atoms. The van der Waals surface area contributed by atoms with E-state index in [4.69, 9.17) is 0 Å². The van der Waals surface area contributed by atoms with E-state index in [-0.39, 0.29) is 29.5 Å². The van der Waals surface area contributed by atoms with Gasteiger partial charge in [0.25, 0.3) is 0 Å². The highest BCUT2D eigenvalue weighted by molar-refractivity contribution is 5.95. The summed E-state index contributed by atoms with van der Waals surface area (Å²) in [5.41, 5.74) is 0.534. The maximum absolute atomic E-state index is 13.7. The quantitative estimate of drug-likeness (QED) is 0.789. The number of halogens is 1. The molecule has 2 amide bonds. The van der Waals surface area contributed by atoms with E-state index in [9.17, 15) is 14.0 Å². The topological polar surface area (TPSA) is 70.2 Å². The molecule has 0 aromatic heterocycles. The van der Waals surface area contributed by atoms with Crippen LogP contribution in [0.4, 0.5) is 15.8 Å². The molecule has 5 nitrogen and oxygen atoms in total. The molecule has 1 fully saturated rings. The number of rotatable bonds is 3. The molecule has 0 radical (unpaired) electrons. The van der Waals surface area contributed by atoms with Crippen LogP contribution in [0.3, 0.4) is 0 Å². The summed E-state index contributed by atoms with van der Waals surface area (Å²) in [6, 6.07) is 4.17. The average Bonchev–Trinajstić information content (AvgIpc) is 2.79. The number of benzene rings is 1. The molecule has 1 aromatic carbocycles. The van der Waals surface area contributed by atoms with Crippen LogP contribution in [0.5, 0.6) is 0 Å². The van der Waals surface area contributed by atoms with Gasteiger partial charge in [0.05, 0.1) is 11.6 Å². The van der Waals surface area contributed by atoms with Gasteiger partial charge in [-0.05, 0) is 38.1 Å². The van der Waals surface area contributed by atoms with Crippen molar-refractivity contribution >= 4 is 23.2 Å². The summed E-state index contributed by atoms with van der Waals surface area (Å²) >= 11 is 0. The predicted molar refractivity (Wildman–Crippen MR) is 74.9 cm³/mol. The van der Waals surface area contributed by atoms with Gasteiger partial charge in [0, 0.05) is 18.7 Å². The molecule has 20 heavy (non-hydrogen) atoms. The fourth-order valence-corrected chi connectivity index (χ4v) is 2.34. The summed E-state index contributed by atoms with van der Waals surface area (Å²) in [5, 5.41) is 8.32. The molecule has 108 valence electrons. The van der Waals surface area contributed by atoms with Crippen LogP contribution in [-0.2, 0) is 9.59 Å².